The molecule has 0 radical (unpaired) electrons. The second-order valence-electron chi connectivity index (χ2n) is 6.26. The third-order valence-electron chi connectivity index (χ3n) is 4.55. The summed E-state index contributed by atoms with van der Waals surface area (Å²) in [6, 6.07) is 9.53. The van der Waals surface area contributed by atoms with E-state index in [1.807, 2.05) is 55.5 Å². The van der Waals surface area contributed by atoms with Crippen molar-refractivity contribution in [3.8, 4) is 0 Å². The molecule has 4 nitrogen and oxygen atoms in total. The van der Waals surface area contributed by atoms with E-state index in [9.17, 15) is 10.1 Å². The van der Waals surface area contributed by atoms with Crippen LogP contribution in [0.3, 0.4) is 0 Å². The number of nitrogens with zero attached hydrogens (tertiary/aromatic N) is 2. The standard InChI is InChI=1S/C20H17N2O2/c1-13-3-8-19-15(11-13)6-10-20(22(19)24)17-7-9-18-16(12-17)5-4-14(2)21(18)23/h3-6,8-12H,7H2,1-2H3/q+1. The minimum Gasteiger partial charge on any atom is -0.618 e. The third-order valence-corrected chi connectivity index (χ3v) is 4.55. The van der Waals surface area contributed by atoms with Gasteiger partial charge in [-0.25, -0.2) is 0 Å². The highest BCUT2D eigenvalue weighted by Crippen LogP contribution is 2.32. The lowest BCUT2D eigenvalue weighted by Gasteiger charge is -2.10. The summed E-state index contributed by atoms with van der Waals surface area (Å²) in [5, 5.41) is 13.6. The number of pyridine rings is 1. The second-order valence-corrected chi connectivity index (χ2v) is 6.26. The molecule has 0 unspecified atom stereocenters. The summed E-state index contributed by atoms with van der Waals surface area (Å²) in [6.07, 6.45) is 8.24. The molecule has 0 spiro atoms. The largest absolute Gasteiger partial charge is 0.618 e. The Hall–Kier alpha value is -3.01. The average Bonchev–Trinajstić information content (AvgIpc) is 2.58. The van der Waals surface area contributed by atoms with E-state index in [2.05, 4.69) is 0 Å². The SMILES string of the molecule is Cc1ccc2c(c1)C=CC(=C1C=c3ccc(C)[n+]([O-])c3=CC1)[N+]2=O. The topological polar surface area (TPSA) is 47.0 Å². The zero-order valence-corrected chi connectivity index (χ0v) is 13.6. The van der Waals surface area contributed by atoms with Crippen LogP contribution in [0.15, 0.2) is 47.7 Å². The molecule has 1 aliphatic heterocycles. The van der Waals surface area contributed by atoms with Crippen LogP contribution in [0.25, 0.3) is 18.2 Å². The molecule has 1 aromatic carbocycles. The van der Waals surface area contributed by atoms with E-state index in [0.29, 0.717) is 28.8 Å². The summed E-state index contributed by atoms with van der Waals surface area (Å²) in [7, 11) is 0. The van der Waals surface area contributed by atoms with Crippen molar-refractivity contribution in [1.82, 2.24) is 0 Å². The molecule has 4 heteroatoms. The molecule has 0 amide bonds. The summed E-state index contributed by atoms with van der Waals surface area (Å²) >= 11 is 0. The first kappa shape index (κ1) is 14.6. The van der Waals surface area contributed by atoms with Crippen molar-refractivity contribution >= 4 is 23.9 Å². The molecular weight excluding hydrogens is 300 g/mol. The van der Waals surface area contributed by atoms with Gasteiger partial charge in [0.05, 0.1) is 10.3 Å². The fraction of sp³-hybridized carbons (Fsp3) is 0.150. The van der Waals surface area contributed by atoms with E-state index in [-0.39, 0.29) is 0 Å². The number of benzene rings is 1. The van der Waals surface area contributed by atoms with E-state index in [1.54, 1.807) is 13.0 Å². The number of nitroso groups, excluding NO2 is 1. The van der Waals surface area contributed by atoms with Crippen molar-refractivity contribution in [2.24, 2.45) is 0 Å². The summed E-state index contributed by atoms with van der Waals surface area (Å²) in [5.41, 5.74) is 4.94. The number of aromatic nitrogens is 1. The molecular formula is C20H17N2O2+. The van der Waals surface area contributed by atoms with Crippen LogP contribution in [0, 0.1) is 24.0 Å². The zero-order chi connectivity index (χ0) is 16.8. The van der Waals surface area contributed by atoms with Gasteiger partial charge in [-0.05, 0) is 37.3 Å². The highest BCUT2D eigenvalue weighted by Gasteiger charge is 2.29. The maximum Gasteiger partial charge on any atom is 0.270 e. The number of fused-ring (bicyclic) bond motifs is 2. The summed E-state index contributed by atoms with van der Waals surface area (Å²) < 4.78 is 1.93. The van der Waals surface area contributed by atoms with Crippen LogP contribution < -0.4 is 15.3 Å². The third kappa shape index (κ3) is 2.19. The van der Waals surface area contributed by atoms with Crippen LogP contribution in [0.5, 0.6) is 0 Å². The van der Waals surface area contributed by atoms with Gasteiger partial charge in [0.25, 0.3) is 11.4 Å². The molecule has 0 N–H and O–H groups in total. The molecule has 4 rings (SSSR count). The Kier molecular flexibility index (Phi) is 3.20. The van der Waals surface area contributed by atoms with E-state index in [1.165, 1.54) is 0 Å². The van der Waals surface area contributed by atoms with Gasteiger partial charge < -0.3 is 5.21 Å². The molecule has 2 aliphatic rings. The summed E-state index contributed by atoms with van der Waals surface area (Å²) in [5.74, 6) is 0. The van der Waals surface area contributed by atoms with Gasteiger partial charge in [-0.15, -0.1) is 0 Å². The van der Waals surface area contributed by atoms with Crippen molar-refractivity contribution in [1.29, 1.82) is 0 Å². The summed E-state index contributed by atoms with van der Waals surface area (Å²) in [4.78, 5) is 12.8. The van der Waals surface area contributed by atoms with E-state index in [4.69, 9.17) is 0 Å². The summed E-state index contributed by atoms with van der Waals surface area (Å²) in [6.45, 7) is 3.80. The minimum absolute atomic E-state index is 0.568. The van der Waals surface area contributed by atoms with Gasteiger partial charge in [0, 0.05) is 47.3 Å². The molecule has 1 aliphatic carbocycles. The first-order valence-electron chi connectivity index (χ1n) is 7.95. The van der Waals surface area contributed by atoms with Gasteiger partial charge in [-0.1, -0.05) is 11.6 Å². The van der Waals surface area contributed by atoms with Gasteiger partial charge in [-0.2, -0.15) is 4.73 Å². The van der Waals surface area contributed by atoms with Crippen molar-refractivity contribution in [3.63, 3.8) is 0 Å². The molecule has 0 fully saturated rings. The van der Waals surface area contributed by atoms with Crippen LogP contribution in [-0.4, -0.2) is 4.76 Å². The van der Waals surface area contributed by atoms with Gasteiger partial charge in [0.15, 0.2) is 5.69 Å². The number of hydrogen-bond donors (Lipinski definition) is 0. The minimum atomic E-state index is 0.568. The Labute approximate surface area is 139 Å². The van der Waals surface area contributed by atoms with Gasteiger partial charge >= 0.3 is 0 Å². The quantitative estimate of drug-likeness (QED) is 0.553. The highest BCUT2D eigenvalue weighted by molar-refractivity contribution is 5.68. The first-order chi connectivity index (χ1) is 11.5. The Morgan fingerprint density at radius 2 is 1.92 bits per heavy atom. The van der Waals surface area contributed by atoms with Gasteiger partial charge in [0.1, 0.15) is 0 Å². The van der Waals surface area contributed by atoms with E-state index >= 15 is 0 Å². The lowest BCUT2D eigenvalue weighted by Crippen LogP contribution is -2.55. The molecule has 0 saturated carbocycles. The number of aryl methyl sites for hydroxylation is 2. The van der Waals surface area contributed by atoms with Gasteiger partial charge in [0.2, 0.25) is 5.35 Å². The molecule has 24 heavy (non-hydrogen) atoms. The maximum absolute atomic E-state index is 12.8. The first-order valence-corrected chi connectivity index (χ1v) is 7.95. The van der Waals surface area contributed by atoms with Crippen LogP contribution in [0.1, 0.15) is 23.2 Å². The molecule has 2 heterocycles. The Bertz CT molecular complexity index is 1080. The van der Waals surface area contributed by atoms with Crippen molar-refractivity contribution in [2.75, 3.05) is 0 Å². The number of allylic oxidation sites excluding steroid dienone is 2. The van der Waals surface area contributed by atoms with E-state index < -0.39 is 0 Å². The average molecular weight is 317 g/mol. The molecule has 118 valence electrons. The number of rotatable bonds is 0. The van der Waals surface area contributed by atoms with E-state index in [0.717, 1.165) is 31.4 Å². The van der Waals surface area contributed by atoms with Crippen LogP contribution in [0.2, 0.25) is 0 Å². The van der Waals surface area contributed by atoms with Crippen LogP contribution in [0.4, 0.5) is 5.69 Å². The molecule has 0 saturated heterocycles. The van der Waals surface area contributed by atoms with Crippen molar-refractivity contribution < 1.29 is 9.49 Å². The predicted molar refractivity (Wildman–Crippen MR) is 93.5 cm³/mol. The van der Waals surface area contributed by atoms with Crippen LogP contribution >= 0.6 is 0 Å². The normalized spacial score (nSPS) is 18.5. The fourth-order valence-electron chi connectivity index (χ4n) is 3.22. The Balaban J connectivity index is 1.88. The molecule has 0 atom stereocenters. The van der Waals surface area contributed by atoms with Crippen LogP contribution in [-0.2, 0) is 0 Å². The Morgan fingerprint density at radius 1 is 1.08 bits per heavy atom. The monoisotopic (exact) mass is 317 g/mol. The molecule has 1 aromatic heterocycles. The predicted octanol–water partition coefficient (Wildman–Crippen LogP) is 2.29. The second kappa shape index (κ2) is 5.27. The maximum atomic E-state index is 12.8. The zero-order valence-electron chi connectivity index (χ0n) is 13.6. The van der Waals surface area contributed by atoms with Crippen molar-refractivity contribution in [2.45, 2.75) is 20.3 Å². The Morgan fingerprint density at radius 3 is 2.75 bits per heavy atom. The lowest BCUT2D eigenvalue weighted by atomic mass is 9.99. The number of hydrogen-bond acceptors (Lipinski definition) is 2. The smallest absolute Gasteiger partial charge is 0.270 e. The molecule has 2 aromatic rings. The lowest BCUT2D eigenvalue weighted by molar-refractivity contribution is -0.627. The van der Waals surface area contributed by atoms with Crippen molar-refractivity contribution in [3.05, 3.63) is 85.2 Å². The molecule has 0 bridgehead atoms. The highest BCUT2D eigenvalue weighted by atomic mass is 16.5. The fourth-order valence-corrected chi connectivity index (χ4v) is 3.22. The van der Waals surface area contributed by atoms with Gasteiger partial charge in [-0.3, -0.25) is 0 Å².